The Balaban J connectivity index is 1.59. The number of benzene rings is 2. The largest absolute Gasteiger partial charge is 0.459 e. The molecular formula is C22H19N3O4S. The van der Waals surface area contributed by atoms with Crippen LogP contribution in [0.1, 0.15) is 30.7 Å². The molecule has 0 fully saturated rings. The third kappa shape index (κ3) is 3.86. The zero-order valence-electron chi connectivity index (χ0n) is 16.4. The number of thioether (sulfide) groups is 1. The van der Waals surface area contributed by atoms with Crippen molar-refractivity contribution in [3.05, 3.63) is 82.1 Å². The number of nitrogens with zero attached hydrogens (tertiary/aromatic N) is 3. The van der Waals surface area contributed by atoms with Gasteiger partial charge < -0.3 is 4.42 Å². The zero-order valence-corrected chi connectivity index (χ0v) is 17.3. The predicted molar refractivity (Wildman–Crippen MR) is 115 cm³/mol. The van der Waals surface area contributed by atoms with Crippen LogP contribution in [0.4, 0.5) is 5.69 Å². The standard InChI is InChI=1S/C22H19N3O4S/c1-14(26)24-20(13-19(23-24)15-5-9-18(30-2)10-6-15)22-12-11-21(29-22)16-3-7-17(8-4-16)25(27)28/h3-12,20H,13H2,1-2H3. The minimum atomic E-state index is -0.439. The molecule has 152 valence electrons. The first-order chi connectivity index (χ1) is 14.5. The lowest BCUT2D eigenvalue weighted by atomic mass is 10.0. The van der Waals surface area contributed by atoms with E-state index in [9.17, 15) is 14.9 Å². The van der Waals surface area contributed by atoms with Gasteiger partial charge in [-0.3, -0.25) is 14.9 Å². The fourth-order valence-corrected chi connectivity index (χ4v) is 3.82. The average Bonchev–Trinajstić information content (AvgIpc) is 3.41. The summed E-state index contributed by atoms with van der Waals surface area (Å²) in [7, 11) is 0. The second kappa shape index (κ2) is 8.16. The van der Waals surface area contributed by atoms with Crippen LogP contribution in [-0.2, 0) is 4.79 Å². The van der Waals surface area contributed by atoms with Crippen molar-refractivity contribution < 1.29 is 14.1 Å². The number of hydrogen-bond acceptors (Lipinski definition) is 6. The molecule has 8 heteroatoms. The number of nitro benzene ring substituents is 1. The normalized spacial score (nSPS) is 15.9. The number of carbonyl (C=O) groups is 1. The number of amides is 1. The molecule has 30 heavy (non-hydrogen) atoms. The number of non-ortho nitro benzene ring substituents is 1. The molecular weight excluding hydrogens is 402 g/mol. The van der Waals surface area contributed by atoms with Gasteiger partial charge in [-0.15, -0.1) is 11.8 Å². The van der Waals surface area contributed by atoms with Gasteiger partial charge in [0.25, 0.3) is 5.69 Å². The summed E-state index contributed by atoms with van der Waals surface area (Å²) in [4.78, 5) is 23.8. The maximum atomic E-state index is 12.2. The van der Waals surface area contributed by atoms with Crippen LogP contribution >= 0.6 is 11.8 Å². The van der Waals surface area contributed by atoms with Crippen molar-refractivity contribution in [3.63, 3.8) is 0 Å². The molecule has 0 aliphatic carbocycles. The highest BCUT2D eigenvalue weighted by atomic mass is 32.2. The van der Waals surface area contributed by atoms with Gasteiger partial charge in [-0.25, -0.2) is 5.01 Å². The van der Waals surface area contributed by atoms with Crippen LogP contribution in [-0.4, -0.2) is 27.8 Å². The molecule has 7 nitrogen and oxygen atoms in total. The first-order valence-electron chi connectivity index (χ1n) is 9.32. The van der Waals surface area contributed by atoms with E-state index in [2.05, 4.69) is 5.10 Å². The van der Waals surface area contributed by atoms with Gasteiger partial charge in [-0.1, -0.05) is 12.1 Å². The Bertz CT molecular complexity index is 1120. The third-order valence-electron chi connectivity index (χ3n) is 4.97. The smallest absolute Gasteiger partial charge is 0.269 e. The maximum absolute atomic E-state index is 12.2. The summed E-state index contributed by atoms with van der Waals surface area (Å²) < 4.78 is 6.01. The van der Waals surface area contributed by atoms with Crippen molar-refractivity contribution >= 4 is 29.1 Å². The van der Waals surface area contributed by atoms with Gasteiger partial charge in [-0.05, 0) is 48.2 Å². The number of furan rings is 1. The fourth-order valence-electron chi connectivity index (χ4n) is 3.41. The summed E-state index contributed by atoms with van der Waals surface area (Å²) in [5.74, 6) is 1.04. The molecule has 3 aromatic rings. The lowest BCUT2D eigenvalue weighted by Gasteiger charge is -2.17. The molecule has 0 bridgehead atoms. The van der Waals surface area contributed by atoms with Gasteiger partial charge >= 0.3 is 0 Å². The summed E-state index contributed by atoms with van der Waals surface area (Å²) in [5.41, 5.74) is 2.56. The van der Waals surface area contributed by atoms with Crippen LogP contribution in [0.2, 0.25) is 0 Å². The van der Waals surface area contributed by atoms with E-state index >= 15 is 0 Å². The van der Waals surface area contributed by atoms with E-state index in [0.717, 1.165) is 21.7 Å². The van der Waals surface area contributed by atoms with Crippen molar-refractivity contribution in [1.29, 1.82) is 0 Å². The van der Waals surface area contributed by atoms with E-state index in [0.29, 0.717) is 17.9 Å². The van der Waals surface area contributed by atoms with Crippen LogP contribution in [0, 0.1) is 10.1 Å². The third-order valence-corrected chi connectivity index (χ3v) is 5.72. The van der Waals surface area contributed by atoms with Crippen LogP contribution < -0.4 is 0 Å². The van der Waals surface area contributed by atoms with Crippen LogP contribution in [0.15, 0.2) is 75.1 Å². The Morgan fingerprint density at radius 2 is 1.77 bits per heavy atom. The lowest BCUT2D eigenvalue weighted by molar-refractivity contribution is -0.384. The molecule has 2 aromatic carbocycles. The molecule has 0 N–H and O–H groups in total. The average molecular weight is 421 g/mol. The Morgan fingerprint density at radius 3 is 2.37 bits per heavy atom. The second-order valence-electron chi connectivity index (χ2n) is 6.86. The molecule has 1 unspecified atom stereocenters. The van der Waals surface area contributed by atoms with Gasteiger partial charge in [0.2, 0.25) is 5.91 Å². The highest BCUT2D eigenvalue weighted by molar-refractivity contribution is 7.98. The van der Waals surface area contributed by atoms with E-state index < -0.39 is 4.92 Å². The molecule has 1 aromatic heterocycles. The Morgan fingerprint density at radius 1 is 1.10 bits per heavy atom. The quantitative estimate of drug-likeness (QED) is 0.318. The van der Waals surface area contributed by atoms with E-state index in [4.69, 9.17) is 4.42 Å². The molecule has 2 heterocycles. The Kier molecular flexibility index (Phi) is 5.41. The van der Waals surface area contributed by atoms with Crippen molar-refractivity contribution in [2.45, 2.75) is 24.3 Å². The van der Waals surface area contributed by atoms with E-state index in [1.807, 2.05) is 36.6 Å². The molecule has 0 saturated carbocycles. The first kappa shape index (κ1) is 19.9. The van der Waals surface area contributed by atoms with Gasteiger partial charge in [-0.2, -0.15) is 5.10 Å². The van der Waals surface area contributed by atoms with Gasteiger partial charge in [0.1, 0.15) is 17.6 Å². The summed E-state index contributed by atoms with van der Waals surface area (Å²) in [6, 6.07) is 17.6. The fraction of sp³-hybridized carbons (Fsp3) is 0.182. The van der Waals surface area contributed by atoms with Gasteiger partial charge in [0.15, 0.2) is 0 Å². The zero-order chi connectivity index (χ0) is 21.3. The molecule has 1 aliphatic rings. The molecule has 1 atom stereocenters. The summed E-state index contributed by atoms with van der Waals surface area (Å²) in [6.45, 7) is 1.48. The summed E-state index contributed by atoms with van der Waals surface area (Å²) >= 11 is 1.67. The Hall–Kier alpha value is -3.39. The van der Waals surface area contributed by atoms with E-state index in [-0.39, 0.29) is 17.6 Å². The van der Waals surface area contributed by atoms with Crippen molar-refractivity contribution in [3.8, 4) is 11.3 Å². The van der Waals surface area contributed by atoms with E-state index in [1.54, 1.807) is 30.0 Å². The number of nitro groups is 1. The van der Waals surface area contributed by atoms with Gasteiger partial charge in [0.05, 0.1) is 10.6 Å². The summed E-state index contributed by atoms with van der Waals surface area (Å²) in [6.07, 6.45) is 2.57. The Labute approximate surface area is 177 Å². The molecule has 0 radical (unpaired) electrons. The van der Waals surface area contributed by atoms with Gasteiger partial charge in [0, 0.05) is 35.9 Å². The summed E-state index contributed by atoms with van der Waals surface area (Å²) in [5, 5.41) is 16.8. The minimum absolute atomic E-state index is 0.0228. The maximum Gasteiger partial charge on any atom is 0.269 e. The molecule has 1 aliphatic heterocycles. The topological polar surface area (TPSA) is 89.0 Å². The second-order valence-corrected chi connectivity index (χ2v) is 7.74. The number of hydrazone groups is 1. The number of rotatable bonds is 5. The van der Waals surface area contributed by atoms with Crippen LogP contribution in [0.3, 0.4) is 0 Å². The first-order valence-corrected chi connectivity index (χ1v) is 10.5. The van der Waals surface area contributed by atoms with E-state index in [1.165, 1.54) is 24.1 Å². The van der Waals surface area contributed by atoms with Crippen molar-refractivity contribution in [2.75, 3.05) is 6.26 Å². The predicted octanol–water partition coefficient (Wildman–Crippen LogP) is 5.27. The highest BCUT2D eigenvalue weighted by Gasteiger charge is 2.33. The van der Waals surface area contributed by atoms with Crippen LogP contribution in [0.5, 0.6) is 0 Å². The lowest BCUT2D eigenvalue weighted by Crippen LogP contribution is -2.23. The monoisotopic (exact) mass is 421 g/mol. The molecule has 0 saturated heterocycles. The molecule has 1 amide bonds. The van der Waals surface area contributed by atoms with Crippen molar-refractivity contribution in [1.82, 2.24) is 5.01 Å². The molecule has 0 spiro atoms. The highest BCUT2D eigenvalue weighted by Crippen LogP contribution is 2.36. The number of carbonyl (C=O) groups excluding carboxylic acids is 1. The number of hydrogen-bond donors (Lipinski definition) is 0. The van der Waals surface area contributed by atoms with Crippen molar-refractivity contribution in [2.24, 2.45) is 5.10 Å². The van der Waals surface area contributed by atoms with Crippen LogP contribution in [0.25, 0.3) is 11.3 Å². The minimum Gasteiger partial charge on any atom is -0.459 e. The molecule has 4 rings (SSSR count). The SMILES string of the molecule is CSc1ccc(C2=NN(C(C)=O)C(c3ccc(-c4ccc([N+](=O)[O-])cc4)o3)C2)cc1.